The number of carboxylic acid groups (broad SMARTS) is 1. The van der Waals surface area contributed by atoms with Gasteiger partial charge < -0.3 is 10.4 Å². The Morgan fingerprint density at radius 3 is 2.62 bits per heavy atom. The van der Waals surface area contributed by atoms with Crippen molar-refractivity contribution in [3.63, 3.8) is 0 Å². The Labute approximate surface area is 94.3 Å². The van der Waals surface area contributed by atoms with Crippen LogP contribution in [0, 0.1) is 6.92 Å². The highest BCUT2D eigenvalue weighted by Crippen LogP contribution is 2.17. The Morgan fingerprint density at radius 2 is 2.12 bits per heavy atom. The molecule has 16 heavy (non-hydrogen) atoms. The molecule has 0 spiro atoms. The monoisotopic (exact) mass is 221 g/mol. The van der Waals surface area contributed by atoms with E-state index in [1.54, 1.807) is 0 Å². The molecule has 0 aromatic heterocycles. The molecule has 2 N–H and O–H groups in total. The summed E-state index contributed by atoms with van der Waals surface area (Å²) < 4.78 is 0. The van der Waals surface area contributed by atoms with Crippen LogP contribution >= 0.6 is 0 Å². The summed E-state index contributed by atoms with van der Waals surface area (Å²) in [5, 5.41) is 11.4. The molecule has 4 heteroatoms. The van der Waals surface area contributed by atoms with E-state index in [4.69, 9.17) is 5.11 Å². The fourth-order valence-corrected chi connectivity index (χ4v) is 1.56. The van der Waals surface area contributed by atoms with Crippen molar-refractivity contribution in [2.75, 3.05) is 0 Å². The largest absolute Gasteiger partial charge is 0.481 e. The molecule has 0 aliphatic heterocycles. The van der Waals surface area contributed by atoms with Crippen LogP contribution < -0.4 is 5.32 Å². The molecule has 4 nitrogen and oxygen atoms in total. The van der Waals surface area contributed by atoms with Gasteiger partial charge in [0.15, 0.2) is 0 Å². The second kappa shape index (κ2) is 5.30. The minimum Gasteiger partial charge on any atom is -0.481 e. The summed E-state index contributed by atoms with van der Waals surface area (Å²) in [5.74, 6) is -1.16. The van der Waals surface area contributed by atoms with Gasteiger partial charge >= 0.3 is 5.97 Å². The zero-order chi connectivity index (χ0) is 12.1. The lowest BCUT2D eigenvalue weighted by Crippen LogP contribution is -2.28. The summed E-state index contributed by atoms with van der Waals surface area (Å²) >= 11 is 0. The molecule has 0 aliphatic carbocycles. The Kier molecular flexibility index (Phi) is 4.05. The topological polar surface area (TPSA) is 66.4 Å². The average Bonchev–Trinajstić information content (AvgIpc) is 2.15. The first-order valence-electron chi connectivity index (χ1n) is 5.04. The van der Waals surface area contributed by atoms with Crippen molar-refractivity contribution in [1.29, 1.82) is 0 Å². The summed E-state index contributed by atoms with van der Waals surface area (Å²) in [5.41, 5.74) is 1.86. The maximum absolute atomic E-state index is 11.0. The van der Waals surface area contributed by atoms with Gasteiger partial charge in [-0.05, 0) is 12.5 Å². The molecular formula is C12H15NO3. The van der Waals surface area contributed by atoms with Crippen LogP contribution in [0.5, 0.6) is 0 Å². The predicted octanol–water partition coefficient (Wildman–Crippen LogP) is 1.65. The van der Waals surface area contributed by atoms with Crippen LogP contribution in [0.2, 0.25) is 0 Å². The number of rotatable bonds is 4. The molecule has 1 rings (SSSR count). The number of hydrogen-bond acceptors (Lipinski definition) is 2. The molecule has 1 amide bonds. The Balaban J connectivity index is 2.90. The molecule has 0 aliphatic rings. The van der Waals surface area contributed by atoms with Gasteiger partial charge in [0, 0.05) is 6.92 Å². The molecule has 0 heterocycles. The number of aliphatic carboxylic acids is 1. The van der Waals surface area contributed by atoms with E-state index in [-0.39, 0.29) is 12.3 Å². The Morgan fingerprint density at radius 1 is 1.44 bits per heavy atom. The van der Waals surface area contributed by atoms with Crippen molar-refractivity contribution in [3.05, 3.63) is 35.4 Å². The predicted molar refractivity (Wildman–Crippen MR) is 60.0 cm³/mol. The normalized spacial score (nSPS) is 11.9. The van der Waals surface area contributed by atoms with E-state index in [2.05, 4.69) is 5.32 Å². The van der Waals surface area contributed by atoms with Crippen LogP contribution in [0.1, 0.15) is 30.5 Å². The number of nitrogens with one attached hydrogen (secondary N) is 1. The lowest BCUT2D eigenvalue weighted by molar-refractivity contribution is -0.137. The fourth-order valence-electron chi connectivity index (χ4n) is 1.56. The molecule has 0 fully saturated rings. The Hall–Kier alpha value is -1.84. The van der Waals surface area contributed by atoms with E-state index in [0.717, 1.165) is 11.1 Å². The summed E-state index contributed by atoms with van der Waals surface area (Å²) in [6, 6.07) is 7.01. The van der Waals surface area contributed by atoms with Crippen molar-refractivity contribution in [1.82, 2.24) is 5.32 Å². The van der Waals surface area contributed by atoms with Gasteiger partial charge in [-0.3, -0.25) is 9.59 Å². The molecule has 86 valence electrons. The lowest BCUT2D eigenvalue weighted by Gasteiger charge is -2.16. The third-order valence-electron chi connectivity index (χ3n) is 2.20. The molecule has 0 saturated heterocycles. The maximum atomic E-state index is 11.0. The first kappa shape index (κ1) is 12.2. The van der Waals surface area contributed by atoms with E-state index in [9.17, 15) is 9.59 Å². The van der Waals surface area contributed by atoms with E-state index in [0.29, 0.717) is 0 Å². The van der Waals surface area contributed by atoms with Crippen LogP contribution in [0.4, 0.5) is 0 Å². The van der Waals surface area contributed by atoms with Gasteiger partial charge in [0.2, 0.25) is 5.91 Å². The van der Waals surface area contributed by atoms with Gasteiger partial charge in [-0.25, -0.2) is 0 Å². The highest BCUT2D eigenvalue weighted by molar-refractivity contribution is 5.75. The van der Waals surface area contributed by atoms with E-state index < -0.39 is 12.0 Å². The molecular weight excluding hydrogens is 206 g/mol. The second-order valence-corrected chi connectivity index (χ2v) is 3.77. The Bertz CT molecular complexity index is 385. The van der Waals surface area contributed by atoms with Gasteiger partial charge in [-0.15, -0.1) is 0 Å². The number of hydrogen-bond donors (Lipinski definition) is 2. The third-order valence-corrected chi connectivity index (χ3v) is 2.20. The first-order valence-corrected chi connectivity index (χ1v) is 5.04. The van der Waals surface area contributed by atoms with Gasteiger partial charge in [0.05, 0.1) is 12.5 Å². The molecule has 0 unspecified atom stereocenters. The van der Waals surface area contributed by atoms with Gasteiger partial charge in [0.25, 0.3) is 0 Å². The van der Waals surface area contributed by atoms with E-state index >= 15 is 0 Å². The van der Waals surface area contributed by atoms with E-state index in [1.165, 1.54) is 6.92 Å². The van der Waals surface area contributed by atoms with E-state index in [1.807, 2.05) is 31.2 Å². The third kappa shape index (κ3) is 3.73. The number of amides is 1. The summed E-state index contributed by atoms with van der Waals surface area (Å²) in [6.07, 6.45) is -0.108. The van der Waals surface area contributed by atoms with Gasteiger partial charge in [-0.2, -0.15) is 0 Å². The second-order valence-electron chi connectivity index (χ2n) is 3.77. The van der Waals surface area contributed by atoms with Gasteiger partial charge in [-0.1, -0.05) is 29.8 Å². The number of benzene rings is 1. The van der Waals surface area contributed by atoms with Crippen molar-refractivity contribution < 1.29 is 14.7 Å². The van der Waals surface area contributed by atoms with Crippen LogP contribution in [0.15, 0.2) is 24.3 Å². The fraction of sp³-hybridized carbons (Fsp3) is 0.333. The highest BCUT2D eigenvalue weighted by Gasteiger charge is 2.16. The lowest BCUT2D eigenvalue weighted by atomic mass is 10.0. The van der Waals surface area contributed by atoms with Crippen LogP contribution in [0.25, 0.3) is 0 Å². The minimum atomic E-state index is -0.930. The van der Waals surface area contributed by atoms with Crippen molar-refractivity contribution in [2.45, 2.75) is 26.3 Å². The quantitative estimate of drug-likeness (QED) is 0.812. The molecule has 0 bridgehead atoms. The van der Waals surface area contributed by atoms with Crippen molar-refractivity contribution in [3.8, 4) is 0 Å². The standard InChI is InChI=1S/C12H15NO3/c1-8-4-3-5-10(6-8)11(7-12(15)16)13-9(2)14/h3-6,11H,7H2,1-2H3,(H,13,14)(H,15,16)/t11-/m0/s1. The smallest absolute Gasteiger partial charge is 0.305 e. The van der Waals surface area contributed by atoms with Crippen LogP contribution in [-0.2, 0) is 9.59 Å². The van der Waals surface area contributed by atoms with Crippen molar-refractivity contribution in [2.24, 2.45) is 0 Å². The molecule has 1 atom stereocenters. The summed E-state index contributed by atoms with van der Waals surface area (Å²) in [7, 11) is 0. The zero-order valence-electron chi connectivity index (χ0n) is 9.36. The SMILES string of the molecule is CC(=O)N[C@@H](CC(=O)O)c1cccc(C)c1. The number of aryl methyl sites for hydroxylation is 1. The van der Waals surface area contributed by atoms with Crippen molar-refractivity contribution >= 4 is 11.9 Å². The number of carbonyl (C=O) groups is 2. The average molecular weight is 221 g/mol. The van der Waals surface area contributed by atoms with Gasteiger partial charge in [0.1, 0.15) is 0 Å². The first-order chi connectivity index (χ1) is 7.49. The zero-order valence-corrected chi connectivity index (χ0v) is 9.36. The minimum absolute atomic E-state index is 0.108. The molecule has 1 aromatic carbocycles. The maximum Gasteiger partial charge on any atom is 0.305 e. The highest BCUT2D eigenvalue weighted by atomic mass is 16.4. The molecule has 0 radical (unpaired) electrons. The van der Waals surface area contributed by atoms with Crippen LogP contribution in [-0.4, -0.2) is 17.0 Å². The van der Waals surface area contributed by atoms with Crippen LogP contribution in [0.3, 0.4) is 0 Å². The molecule has 1 aromatic rings. The summed E-state index contributed by atoms with van der Waals surface area (Å²) in [6.45, 7) is 3.31. The number of carbonyl (C=O) groups excluding carboxylic acids is 1. The number of carboxylic acids is 1. The summed E-state index contributed by atoms with van der Waals surface area (Å²) in [4.78, 5) is 21.7. The molecule has 0 saturated carbocycles.